The molecule has 1 aromatic carbocycles. The maximum atomic E-state index is 11.7. The molecular weight excluding hydrogens is 330 g/mol. The van der Waals surface area contributed by atoms with Crippen molar-refractivity contribution in [2.75, 3.05) is 33.2 Å². The predicted octanol–water partition coefficient (Wildman–Crippen LogP) is 1.11. The lowest BCUT2D eigenvalue weighted by atomic mass is 10.1. The van der Waals surface area contributed by atoms with Crippen LogP contribution in [0.4, 0.5) is 0 Å². The molecule has 142 valence electrons. The van der Waals surface area contributed by atoms with E-state index in [1.165, 1.54) is 0 Å². The van der Waals surface area contributed by atoms with Gasteiger partial charge in [0.25, 0.3) is 5.91 Å². The van der Waals surface area contributed by atoms with Crippen LogP contribution in [-0.2, 0) is 11.3 Å². The standard InChI is InChI=1S/C19H29N5O2/c1-3-21-19(22-10-6-12-24-11-5-9-17(24)25)23-14-15-7-4-8-16(13-15)18(26)20-2/h4,7-8,13H,3,5-6,9-12,14H2,1-2H3,(H,20,26)(H2,21,22,23). The molecular formula is C19H29N5O2. The fourth-order valence-corrected chi connectivity index (χ4v) is 2.88. The molecule has 1 heterocycles. The fraction of sp³-hybridized carbons (Fsp3) is 0.526. The van der Waals surface area contributed by atoms with Crippen molar-refractivity contribution in [2.45, 2.75) is 32.7 Å². The first-order chi connectivity index (χ1) is 12.6. The molecule has 0 saturated carbocycles. The van der Waals surface area contributed by atoms with E-state index in [4.69, 9.17) is 0 Å². The Kier molecular flexibility index (Phi) is 7.92. The highest BCUT2D eigenvalue weighted by Gasteiger charge is 2.18. The van der Waals surface area contributed by atoms with Gasteiger partial charge in [0.1, 0.15) is 0 Å². The number of amides is 2. The summed E-state index contributed by atoms with van der Waals surface area (Å²) in [4.78, 5) is 29.8. The zero-order valence-electron chi connectivity index (χ0n) is 15.7. The lowest BCUT2D eigenvalue weighted by Crippen LogP contribution is -2.39. The van der Waals surface area contributed by atoms with Gasteiger partial charge in [-0.25, -0.2) is 4.99 Å². The lowest BCUT2D eigenvalue weighted by Gasteiger charge is -2.16. The number of hydrogen-bond acceptors (Lipinski definition) is 3. The maximum Gasteiger partial charge on any atom is 0.251 e. The van der Waals surface area contributed by atoms with Crippen molar-refractivity contribution in [3.63, 3.8) is 0 Å². The molecule has 0 radical (unpaired) electrons. The summed E-state index contributed by atoms with van der Waals surface area (Å²) in [5.74, 6) is 0.907. The molecule has 26 heavy (non-hydrogen) atoms. The molecule has 2 amide bonds. The largest absolute Gasteiger partial charge is 0.357 e. The van der Waals surface area contributed by atoms with Crippen molar-refractivity contribution in [1.29, 1.82) is 0 Å². The smallest absolute Gasteiger partial charge is 0.251 e. The Balaban J connectivity index is 1.83. The van der Waals surface area contributed by atoms with Crippen LogP contribution in [0.5, 0.6) is 0 Å². The number of rotatable bonds is 8. The van der Waals surface area contributed by atoms with E-state index in [9.17, 15) is 9.59 Å². The van der Waals surface area contributed by atoms with E-state index in [1.54, 1.807) is 13.1 Å². The van der Waals surface area contributed by atoms with Crippen molar-refractivity contribution in [3.8, 4) is 0 Å². The molecule has 7 nitrogen and oxygen atoms in total. The summed E-state index contributed by atoms with van der Waals surface area (Å²) >= 11 is 0. The van der Waals surface area contributed by atoms with Crippen LogP contribution in [0.3, 0.4) is 0 Å². The summed E-state index contributed by atoms with van der Waals surface area (Å²) in [7, 11) is 1.62. The molecule has 1 aliphatic rings. The first-order valence-electron chi connectivity index (χ1n) is 9.25. The summed E-state index contributed by atoms with van der Waals surface area (Å²) in [6.45, 7) is 5.72. The van der Waals surface area contributed by atoms with E-state index < -0.39 is 0 Å². The van der Waals surface area contributed by atoms with Gasteiger partial charge < -0.3 is 20.9 Å². The van der Waals surface area contributed by atoms with Crippen LogP contribution < -0.4 is 16.0 Å². The van der Waals surface area contributed by atoms with Crippen molar-refractivity contribution in [3.05, 3.63) is 35.4 Å². The number of carbonyl (C=O) groups is 2. The third-order valence-corrected chi connectivity index (χ3v) is 4.25. The van der Waals surface area contributed by atoms with Gasteiger partial charge in [0, 0.05) is 45.2 Å². The molecule has 3 N–H and O–H groups in total. The van der Waals surface area contributed by atoms with Gasteiger partial charge in [-0.15, -0.1) is 0 Å². The molecule has 7 heteroatoms. The number of guanidine groups is 1. The minimum Gasteiger partial charge on any atom is -0.357 e. The first kappa shape index (κ1) is 19.8. The van der Waals surface area contributed by atoms with Gasteiger partial charge in [-0.1, -0.05) is 12.1 Å². The van der Waals surface area contributed by atoms with Crippen LogP contribution in [0.15, 0.2) is 29.3 Å². The van der Waals surface area contributed by atoms with Gasteiger partial charge in [-0.2, -0.15) is 0 Å². The SMILES string of the molecule is CCNC(=NCc1cccc(C(=O)NC)c1)NCCCN1CCCC1=O. The molecule has 0 aromatic heterocycles. The third kappa shape index (κ3) is 6.06. The molecule has 0 spiro atoms. The maximum absolute atomic E-state index is 11.7. The van der Waals surface area contributed by atoms with E-state index >= 15 is 0 Å². The van der Waals surface area contributed by atoms with E-state index in [0.29, 0.717) is 18.5 Å². The van der Waals surface area contributed by atoms with Gasteiger partial charge >= 0.3 is 0 Å². The molecule has 0 unspecified atom stereocenters. The Morgan fingerprint density at radius 1 is 1.31 bits per heavy atom. The number of nitrogens with one attached hydrogen (secondary N) is 3. The molecule has 0 aliphatic carbocycles. The van der Waals surface area contributed by atoms with Crippen LogP contribution in [0, 0.1) is 0 Å². The Morgan fingerprint density at radius 2 is 2.15 bits per heavy atom. The highest BCUT2D eigenvalue weighted by molar-refractivity contribution is 5.94. The quantitative estimate of drug-likeness (QED) is 0.369. The summed E-state index contributed by atoms with van der Waals surface area (Å²) in [5.41, 5.74) is 1.61. The van der Waals surface area contributed by atoms with Crippen molar-refractivity contribution in [2.24, 2.45) is 4.99 Å². The van der Waals surface area contributed by atoms with E-state index in [-0.39, 0.29) is 11.8 Å². The normalized spacial score (nSPS) is 14.5. The number of aliphatic imine (C=N–C) groups is 1. The van der Waals surface area contributed by atoms with Crippen LogP contribution in [0.1, 0.15) is 42.1 Å². The zero-order valence-corrected chi connectivity index (χ0v) is 15.7. The van der Waals surface area contributed by atoms with Gasteiger partial charge in [-0.05, 0) is 37.5 Å². The minimum absolute atomic E-state index is 0.0997. The second kappa shape index (κ2) is 10.4. The average Bonchev–Trinajstić information content (AvgIpc) is 3.07. The van der Waals surface area contributed by atoms with Gasteiger partial charge in [0.2, 0.25) is 5.91 Å². The molecule has 1 saturated heterocycles. The molecule has 1 aromatic rings. The van der Waals surface area contributed by atoms with Crippen LogP contribution >= 0.6 is 0 Å². The number of nitrogens with zero attached hydrogens (tertiary/aromatic N) is 2. The van der Waals surface area contributed by atoms with Crippen molar-refractivity contribution >= 4 is 17.8 Å². The van der Waals surface area contributed by atoms with Crippen molar-refractivity contribution in [1.82, 2.24) is 20.9 Å². The predicted molar refractivity (Wildman–Crippen MR) is 103 cm³/mol. The Morgan fingerprint density at radius 3 is 2.85 bits per heavy atom. The molecule has 1 aliphatic heterocycles. The molecule has 2 rings (SSSR count). The Hall–Kier alpha value is -2.57. The summed E-state index contributed by atoms with van der Waals surface area (Å²) in [5, 5.41) is 9.14. The van der Waals surface area contributed by atoms with Crippen LogP contribution in [0.25, 0.3) is 0 Å². The fourth-order valence-electron chi connectivity index (χ4n) is 2.88. The number of benzene rings is 1. The van der Waals surface area contributed by atoms with Gasteiger partial charge in [0.15, 0.2) is 5.96 Å². The summed E-state index contributed by atoms with van der Waals surface area (Å²) < 4.78 is 0. The minimum atomic E-state index is -0.0997. The number of likely N-dealkylation sites (tertiary alicyclic amines) is 1. The summed E-state index contributed by atoms with van der Waals surface area (Å²) in [6.07, 6.45) is 2.56. The molecule has 0 bridgehead atoms. The molecule has 0 atom stereocenters. The first-order valence-corrected chi connectivity index (χ1v) is 9.25. The van der Waals surface area contributed by atoms with Gasteiger partial charge in [-0.3, -0.25) is 9.59 Å². The average molecular weight is 359 g/mol. The van der Waals surface area contributed by atoms with Gasteiger partial charge in [0.05, 0.1) is 6.54 Å². The summed E-state index contributed by atoms with van der Waals surface area (Å²) in [6, 6.07) is 7.46. The van der Waals surface area contributed by atoms with E-state index in [2.05, 4.69) is 20.9 Å². The van der Waals surface area contributed by atoms with Crippen LogP contribution in [0.2, 0.25) is 0 Å². The second-order valence-corrected chi connectivity index (χ2v) is 6.24. The van der Waals surface area contributed by atoms with E-state index in [1.807, 2.05) is 30.0 Å². The highest BCUT2D eigenvalue weighted by Crippen LogP contribution is 2.09. The zero-order chi connectivity index (χ0) is 18.8. The van der Waals surface area contributed by atoms with E-state index in [0.717, 1.165) is 50.5 Å². The second-order valence-electron chi connectivity index (χ2n) is 6.24. The monoisotopic (exact) mass is 359 g/mol. The lowest BCUT2D eigenvalue weighted by molar-refractivity contribution is -0.127. The third-order valence-electron chi connectivity index (χ3n) is 4.25. The number of hydrogen-bond donors (Lipinski definition) is 3. The number of carbonyl (C=O) groups excluding carboxylic acids is 2. The highest BCUT2D eigenvalue weighted by atomic mass is 16.2. The topological polar surface area (TPSA) is 85.8 Å². The van der Waals surface area contributed by atoms with Crippen molar-refractivity contribution < 1.29 is 9.59 Å². The Bertz CT molecular complexity index is 645. The molecule has 1 fully saturated rings. The van der Waals surface area contributed by atoms with Crippen LogP contribution in [-0.4, -0.2) is 55.9 Å². The Labute approximate surface area is 155 Å².